The van der Waals surface area contributed by atoms with Crippen LogP contribution in [0.4, 0.5) is 5.69 Å². The fourth-order valence-corrected chi connectivity index (χ4v) is 2.45. The number of thiol groups is 1. The molecular formula is C8H5NO3S2. The molecule has 1 heterocycles. The summed E-state index contributed by atoms with van der Waals surface area (Å²) >= 11 is 5.22. The van der Waals surface area contributed by atoms with E-state index in [-0.39, 0.29) is 10.8 Å². The molecule has 2 aromatic rings. The highest BCUT2D eigenvalue weighted by atomic mass is 32.1. The van der Waals surface area contributed by atoms with Crippen molar-refractivity contribution in [3.63, 3.8) is 0 Å². The molecule has 0 radical (unpaired) electrons. The van der Waals surface area contributed by atoms with E-state index < -0.39 is 4.92 Å². The number of nitro benzene ring substituents is 1. The van der Waals surface area contributed by atoms with Crippen molar-refractivity contribution in [2.45, 2.75) is 4.90 Å². The molecule has 0 bridgehead atoms. The topological polar surface area (TPSA) is 63.4 Å². The first-order valence-corrected chi connectivity index (χ1v) is 4.94. The lowest BCUT2D eigenvalue weighted by Crippen LogP contribution is -1.86. The van der Waals surface area contributed by atoms with E-state index >= 15 is 0 Å². The third-order valence-electron chi connectivity index (χ3n) is 1.80. The van der Waals surface area contributed by atoms with Crippen molar-refractivity contribution >= 4 is 39.7 Å². The van der Waals surface area contributed by atoms with Crippen LogP contribution in [0.3, 0.4) is 0 Å². The van der Waals surface area contributed by atoms with Crippen LogP contribution in [0.25, 0.3) is 10.1 Å². The van der Waals surface area contributed by atoms with E-state index in [0.29, 0.717) is 9.60 Å². The first kappa shape index (κ1) is 9.29. The van der Waals surface area contributed by atoms with Gasteiger partial charge < -0.3 is 5.11 Å². The fourth-order valence-electron chi connectivity index (χ4n) is 1.20. The Balaban J connectivity index is 2.77. The summed E-state index contributed by atoms with van der Waals surface area (Å²) in [5, 5.41) is 20.6. The molecule has 72 valence electrons. The van der Waals surface area contributed by atoms with Crippen LogP contribution in [0.5, 0.6) is 5.06 Å². The van der Waals surface area contributed by atoms with E-state index in [4.69, 9.17) is 0 Å². The third-order valence-corrected chi connectivity index (χ3v) is 3.05. The van der Waals surface area contributed by atoms with Crippen molar-refractivity contribution in [1.82, 2.24) is 0 Å². The van der Waals surface area contributed by atoms with Gasteiger partial charge >= 0.3 is 0 Å². The predicted molar refractivity (Wildman–Crippen MR) is 57.4 cm³/mol. The maximum Gasteiger partial charge on any atom is 0.271 e. The van der Waals surface area contributed by atoms with Crippen molar-refractivity contribution in [3.05, 3.63) is 28.3 Å². The second-order valence-electron chi connectivity index (χ2n) is 2.72. The Morgan fingerprint density at radius 1 is 1.43 bits per heavy atom. The second kappa shape index (κ2) is 3.14. The molecule has 2 rings (SSSR count). The lowest BCUT2D eigenvalue weighted by atomic mass is 10.2. The smallest absolute Gasteiger partial charge is 0.271 e. The number of benzene rings is 1. The minimum atomic E-state index is -0.476. The van der Waals surface area contributed by atoms with Gasteiger partial charge in [-0.05, 0) is 0 Å². The molecule has 0 aliphatic heterocycles. The summed E-state index contributed by atoms with van der Waals surface area (Å²) in [6.45, 7) is 0. The lowest BCUT2D eigenvalue weighted by Gasteiger charge is -1.95. The Bertz CT molecular complexity index is 521. The number of nitrogens with zero attached hydrogens (tertiary/aromatic N) is 1. The number of rotatable bonds is 1. The summed E-state index contributed by atoms with van der Waals surface area (Å²) in [4.78, 5) is 10.5. The molecule has 0 aliphatic rings. The Kier molecular flexibility index (Phi) is 2.09. The molecule has 0 amide bonds. The number of hydrogen-bond donors (Lipinski definition) is 2. The van der Waals surface area contributed by atoms with Gasteiger partial charge in [-0.15, -0.1) is 12.6 Å². The largest absolute Gasteiger partial charge is 0.499 e. The molecule has 1 aromatic carbocycles. The van der Waals surface area contributed by atoms with Gasteiger partial charge in [0.2, 0.25) is 0 Å². The van der Waals surface area contributed by atoms with Gasteiger partial charge in [-0.1, -0.05) is 11.3 Å². The van der Waals surface area contributed by atoms with Crippen LogP contribution < -0.4 is 0 Å². The van der Waals surface area contributed by atoms with Crippen LogP contribution in [0.15, 0.2) is 23.1 Å². The standard InChI is InChI=1S/C8H5NO3S2/c10-8-3-5-6(13)1-4(9(11)12)2-7(5)14-8/h1-3,10,13H. The van der Waals surface area contributed by atoms with Gasteiger partial charge in [-0.2, -0.15) is 0 Å². The summed E-state index contributed by atoms with van der Waals surface area (Å²) in [6, 6.07) is 4.35. The highest BCUT2D eigenvalue weighted by Crippen LogP contribution is 2.36. The Hall–Kier alpha value is -1.27. The van der Waals surface area contributed by atoms with Crippen LogP contribution in [-0.4, -0.2) is 10.0 Å². The zero-order valence-electron chi connectivity index (χ0n) is 6.80. The molecule has 0 saturated heterocycles. The van der Waals surface area contributed by atoms with E-state index in [2.05, 4.69) is 12.6 Å². The van der Waals surface area contributed by atoms with Gasteiger partial charge in [0.1, 0.15) is 0 Å². The molecule has 0 unspecified atom stereocenters. The van der Waals surface area contributed by atoms with E-state index in [1.54, 1.807) is 6.07 Å². The minimum absolute atomic E-state index is 0.00986. The quantitative estimate of drug-likeness (QED) is 0.447. The predicted octanol–water partition coefficient (Wildman–Crippen LogP) is 2.80. The van der Waals surface area contributed by atoms with Crippen molar-refractivity contribution in [2.75, 3.05) is 0 Å². The molecule has 4 nitrogen and oxygen atoms in total. The number of nitro groups is 1. The number of fused-ring (bicyclic) bond motifs is 1. The monoisotopic (exact) mass is 227 g/mol. The highest BCUT2D eigenvalue weighted by molar-refractivity contribution is 7.80. The molecule has 14 heavy (non-hydrogen) atoms. The van der Waals surface area contributed by atoms with E-state index in [1.807, 2.05) is 0 Å². The molecular weight excluding hydrogens is 222 g/mol. The number of hydrogen-bond acceptors (Lipinski definition) is 5. The van der Waals surface area contributed by atoms with Gasteiger partial charge in [-0.3, -0.25) is 10.1 Å². The molecule has 0 atom stereocenters. The molecule has 0 saturated carbocycles. The second-order valence-corrected chi connectivity index (χ2v) is 4.26. The van der Waals surface area contributed by atoms with Crippen molar-refractivity contribution in [2.24, 2.45) is 0 Å². The van der Waals surface area contributed by atoms with Crippen molar-refractivity contribution in [1.29, 1.82) is 0 Å². The summed E-state index contributed by atoms with van der Waals surface area (Å²) in [7, 11) is 0. The molecule has 0 fully saturated rings. The summed E-state index contributed by atoms with van der Waals surface area (Å²) in [5.74, 6) is 0. The molecule has 0 spiro atoms. The SMILES string of the molecule is O=[N+]([O-])c1cc(S)c2cc(O)sc2c1. The first-order valence-electron chi connectivity index (χ1n) is 3.68. The molecule has 0 aliphatic carbocycles. The average Bonchev–Trinajstić information content (AvgIpc) is 2.45. The minimum Gasteiger partial charge on any atom is -0.499 e. The molecule has 1 aromatic heterocycles. The Morgan fingerprint density at radius 3 is 2.79 bits per heavy atom. The fraction of sp³-hybridized carbons (Fsp3) is 0. The number of aromatic hydroxyl groups is 1. The van der Waals surface area contributed by atoms with Gasteiger partial charge in [0.15, 0.2) is 5.06 Å². The van der Waals surface area contributed by atoms with E-state index in [0.717, 1.165) is 16.7 Å². The van der Waals surface area contributed by atoms with Crippen LogP contribution in [0.1, 0.15) is 0 Å². The summed E-state index contributed by atoms with van der Waals surface area (Å²) in [5.41, 5.74) is -0.00986. The zero-order valence-corrected chi connectivity index (χ0v) is 8.51. The van der Waals surface area contributed by atoms with Gasteiger partial charge in [0.25, 0.3) is 5.69 Å². The van der Waals surface area contributed by atoms with Gasteiger partial charge in [-0.25, -0.2) is 0 Å². The summed E-state index contributed by atoms with van der Waals surface area (Å²) in [6.07, 6.45) is 0. The van der Waals surface area contributed by atoms with Crippen LogP contribution in [0, 0.1) is 10.1 Å². The zero-order chi connectivity index (χ0) is 10.3. The maximum absolute atomic E-state index is 10.5. The molecule has 6 heteroatoms. The Labute approximate surface area is 88.4 Å². The maximum atomic E-state index is 10.5. The van der Waals surface area contributed by atoms with Gasteiger partial charge in [0.05, 0.1) is 4.92 Å². The van der Waals surface area contributed by atoms with E-state index in [1.165, 1.54) is 12.1 Å². The number of thiophene rings is 1. The third kappa shape index (κ3) is 1.42. The Morgan fingerprint density at radius 2 is 2.14 bits per heavy atom. The van der Waals surface area contributed by atoms with E-state index in [9.17, 15) is 15.2 Å². The van der Waals surface area contributed by atoms with Crippen LogP contribution >= 0.6 is 24.0 Å². The molecule has 1 N–H and O–H groups in total. The van der Waals surface area contributed by atoms with Crippen LogP contribution in [0.2, 0.25) is 0 Å². The highest BCUT2D eigenvalue weighted by Gasteiger charge is 2.12. The number of non-ortho nitro benzene ring substituents is 1. The van der Waals surface area contributed by atoms with Gasteiger partial charge in [0, 0.05) is 33.2 Å². The average molecular weight is 227 g/mol. The van der Waals surface area contributed by atoms with Crippen LogP contribution in [-0.2, 0) is 0 Å². The lowest BCUT2D eigenvalue weighted by molar-refractivity contribution is -0.384. The first-order chi connectivity index (χ1) is 6.58. The normalized spacial score (nSPS) is 10.6. The summed E-state index contributed by atoms with van der Waals surface area (Å²) < 4.78 is 0.668. The van der Waals surface area contributed by atoms with Crippen molar-refractivity contribution < 1.29 is 10.0 Å². The van der Waals surface area contributed by atoms with Crippen molar-refractivity contribution in [3.8, 4) is 5.06 Å².